The van der Waals surface area contributed by atoms with Crippen molar-refractivity contribution in [3.8, 4) is 0 Å². The first-order valence-electron chi connectivity index (χ1n) is 5.42. The van der Waals surface area contributed by atoms with Gasteiger partial charge < -0.3 is 9.84 Å². The number of nitrogens with one attached hydrogen (secondary N) is 1. The van der Waals surface area contributed by atoms with Crippen molar-refractivity contribution in [1.82, 2.24) is 4.72 Å². The van der Waals surface area contributed by atoms with E-state index in [-0.39, 0.29) is 10.5 Å². The Kier molecular flexibility index (Phi) is 5.54. The molecular weight excluding hydrogens is 296 g/mol. The molecule has 0 fully saturated rings. The molecule has 9 heteroatoms. The summed E-state index contributed by atoms with van der Waals surface area (Å²) in [6.07, 6.45) is -5.16. The fourth-order valence-electron chi connectivity index (χ4n) is 1.28. The highest BCUT2D eigenvalue weighted by atomic mass is 32.2. The number of sulfonamides is 1. The number of ether oxygens (including phenoxy) is 1. The van der Waals surface area contributed by atoms with Crippen LogP contribution in [0.5, 0.6) is 0 Å². The van der Waals surface area contributed by atoms with E-state index < -0.39 is 35.1 Å². The molecule has 0 heterocycles. The highest BCUT2D eigenvalue weighted by molar-refractivity contribution is 7.89. The molecule has 0 saturated heterocycles. The normalized spacial score (nSPS) is 13.2. The molecular formula is C11H13F2NO5S. The molecule has 0 amide bonds. The number of benzene rings is 1. The van der Waals surface area contributed by atoms with Crippen molar-refractivity contribution in [2.75, 3.05) is 13.7 Å². The minimum atomic E-state index is -4.10. The molecule has 1 aromatic rings. The van der Waals surface area contributed by atoms with Gasteiger partial charge in [-0.3, -0.25) is 0 Å². The summed E-state index contributed by atoms with van der Waals surface area (Å²) in [4.78, 5) is 11.0. The Labute approximate surface area is 114 Å². The number of carbonyl (C=O) groups is 1. The maximum absolute atomic E-state index is 12.1. The molecule has 1 rings (SSSR count). The van der Waals surface area contributed by atoms with Gasteiger partial charge >= 0.3 is 5.97 Å². The van der Waals surface area contributed by atoms with Crippen LogP contribution in [0.2, 0.25) is 0 Å². The SMILES string of the molecule is COC(=O)c1cccc(S(=O)(=O)NCC(O)C(F)F)c1. The van der Waals surface area contributed by atoms with Gasteiger partial charge in [-0.2, -0.15) is 0 Å². The fraction of sp³-hybridized carbons (Fsp3) is 0.364. The molecule has 1 unspecified atom stereocenters. The number of esters is 1. The highest BCUT2D eigenvalue weighted by Crippen LogP contribution is 2.12. The van der Waals surface area contributed by atoms with Crippen LogP contribution in [0.15, 0.2) is 29.2 Å². The first-order chi connectivity index (χ1) is 9.27. The van der Waals surface area contributed by atoms with Gasteiger partial charge in [0.2, 0.25) is 10.0 Å². The van der Waals surface area contributed by atoms with E-state index in [1.165, 1.54) is 18.2 Å². The zero-order valence-corrected chi connectivity index (χ0v) is 11.2. The Hall–Kier alpha value is -1.58. The Morgan fingerprint density at radius 2 is 2.10 bits per heavy atom. The molecule has 0 aromatic heterocycles. The number of hydrogen-bond acceptors (Lipinski definition) is 5. The Morgan fingerprint density at radius 3 is 2.65 bits per heavy atom. The summed E-state index contributed by atoms with van der Waals surface area (Å²) in [6, 6.07) is 4.88. The van der Waals surface area contributed by atoms with Gasteiger partial charge in [0.05, 0.1) is 17.6 Å². The van der Waals surface area contributed by atoms with Crippen LogP contribution in [0.25, 0.3) is 0 Å². The Morgan fingerprint density at radius 1 is 1.45 bits per heavy atom. The van der Waals surface area contributed by atoms with Crippen molar-refractivity contribution in [2.45, 2.75) is 17.4 Å². The van der Waals surface area contributed by atoms with Crippen LogP contribution in [0, 0.1) is 0 Å². The van der Waals surface area contributed by atoms with Gasteiger partial charge in [0.25, 0.3) is 6.43 Å². The van der Waals surface area contributed by atoms with Gasteiger partial charge in [-0.1, -0.05) is 6.07 Å². The van der Waals surface area contributed by atoms with Crippen LogP contribution in [-0.2, 0) is 14.8 Å². The third-order valence-corrected chi connectivity index (χ3v) is 3.76. The zero-order valence-electron chi connectivity index (χ0n) is 10.4. The van der Waals surface area contributed by atoms with E-state index in [0.29, 0.717) is 0 Å². The van der Waals surface area contributed by atoms with Crippen LogP contribution in [-0.4, -0.2) is 45.7 Å². The van der Waals surface area contributed by atoms with Crippen LogP contribution in [0.4, 0.5) is 8.78 Å². The van der Waals surface area contributed by atoms with Gasteiger partial charge in [-0.15, -0.1) is 0 Å². The highest BCUT2D eigenvalue weighted by Gasteiger charge is 2.22. The summed E-state index contributed by atoms with van der Waals surface area (Å²) in [5.41, 5.74) is 0.00443. The third-order valence-electron chi connectivity index (χ3n) is 2.34. The van der Waals surface area contributed by atoms with E-state index >= 15 is 0 Å². The summed E-state index contributed by atoms with van der Waals surface area (Å²) in [5.74, 6) is -0.727. The molecule has 1 aromatic carbocycles. The maximum Gasteiger partial charge on any atom is 0.337 e. The molecule has 1 atom stereocenters. The second-order valence-electron chi connectivity index (χ2n) is 3.77. The Bertz CT molecular complexity index is 576. The number of rotatable bonds is 6. The molecule has 0 aliphatic rings. The average molecular weight is 309 g/mol. The largest absolute Gasteiger partial charge is 0.465 e. The molecule has 0 aliphatic heterocycles. The van der Waals surface area contributed by atoms with Gasteiger partial charge in [-0.05, 0) is 18.2 Å². The lowest BCUT2D eigenvalue weighted by Crippen LogP contribution is -2.35. The van der Waals surface area contributed by atoms with Crippen molar-refractivity contribution in [1.29, 1.82) is 0 Å². The Balaban J connectivity index is 2.90. The van der Waals surface area contributed by atoms with Gasteiger partial charge in [0, 0.05) is 6.54 Å². The molecule has 0 bridgehead atoms. The summed E-state index contributed by atoms with van der Waals surface area (Å²) >= 11 is 0. The molecule has 112 valence electrons. The first-order valence-corrected chi connectivity index (χ1v) is 6.90. The van der Waals surface area contributed by atoms with Crippen LogP contribution >= 0.6 is 0 Å². The maximum atomic E-state index is 12.1. The van der Waals surface area contributed by atoms with E-state index in [2.05, 4.69) is 4.74 Å². The van der Waals surface area contributed by atoms with E-state index in [1.807, 2.05) is 4.72 Å². The molecule has 20 heavy (non-hydrogen) atoms. The van der Waals surface area contributed by atoms with Crippen molar-refractivity contribution in [2.24, 2.45) is 0 Å². The third kappa shape index (κ3) is 4.22. The number of hydrogen-bond donors (Lipinski definition) is 2. The average Bonchev–Trinajstić information content (AvgIpc) is 2.43. The van der Waals surface area contributed by atoms with Crippen molar-refractivity contribution in [3.63, 3.8) is 0 Å². The molecule has 0 saturated carbocycles. The van der Waals surface area contributed by atoms with Crippen LogP contribution in [0.1, 0.15) is 10.4 Å². The molecule has 6 nitrogen and oxygen atoms in total. The number of methoxy groups -OCH3 is 1. The zero-order chi connectivity index (χ0) is 15.3. The smallest absolute Gasteiger partial charge is 0.337 e. The van der Waals surface area contributed by atoms with E-state index in [1.54, 1.807) is 0 Å². The summed E-state index contributed by atoms with van der Waals surface area (Å²) < 4.78 is 54.0. The number of aliphatic hydroxyl groups excluding tert-OH is 1. The van der Waals surface area contributed by atoms with E-state index in [0.717, 1.165) is 13.2 Å². The summed E-state index contributed by atoms with van der Waals surface area (Å²) in [6.45, 7) is -0.831. The summed E-state index contributed by atoms with van der Waals surface area (Å²) in [5, 5.41) is 8.87. The van der Waals surface area contributed by atoms with Gasteiger partial charge in [0.1, 0.15) is 6.10 Å². The quantitative estimate of drug-likeness (QED) is 0.741. The number of aliphatic hydroxyl groups is 1. The second kappa shape index (κ2) is 6.73. The predicted octanol–water partition coefficient (Wildman–Crippen LogP) is 0.377. The minimum absolute atomic E-state index is 0.00443. The first kappa shape index (κ1) is 16.5. The standard InChI is InChI=1S/C11H13F2NO5S/c1-19-11(16)7-3-2-4-8(5-7)20(17,18)14-6-9(15)10(12)13/h2-5,9-10,14-15H,6H2,1H3. The van der Waals surface area contributed by atoms with Crippen molar-refractivity contribution < 1.29 is 31.8 Å². The van der Waals surface area contributed by atoms with Gasteiger partial charge in [0.15, 0.2) is 0 Å². The van der Waals surface area contributed by atoms with Crippen molar-refractivity contribution >= 4 is 16.0 Å². The number of halogens is 2. The molecule has 2 N–H and O–H groups in total. The number of alkyl halides is 2. The molecule has 0 aliphatic carbocycles. The molecule has 0 spiro atoms. The molecule has 0 radical (unpaired) electrons. The number of carbonyl (C=O) groups excluding carboxylic acids is 1. The lowest BCUT2D eigenvalue weighted by molar-refractivity contribution is -0.000451. The second-order valence-corrected chi connectivity index (χ2v) is 5.54. The van der Waals surface area contributed by atoms with E-state index in [9.17, 15) is 22.0 Å². The monoisotopic (exact) mass is 309 g/mol. The van der Waals surface area contributed by atoms with Gasteiger partial charge in [-0.25, -0.2) is 26.7 Å². The van der Waals surface area contributed by atoms with Crippen molar-refractivity contribution in [3.05, 3.63) is 29.8 Å². The topological polar surface area (TPSA) is 92.7 Å². The van der Waals surface area contributed by atoms with Crippen LogP contribution in [0.3, 0.4) is 0 Å². The van der Waals surface area contributed by atoms with Crippen LogP contribution < -0.4 is 4.72 Å². The lowest BCUT2D eigenvalue weighted by atomic mass is 10.2. The fourth-order valence-corrected chi connectivity index (χ4v) is 2.37. The minimum Gasteiger partial charge on any atom is -0.465 e. The lowest BCUT2D eigenvalue weighted by Gasteiger charge is -2.11. The predicted molar refractivity (Wildman–Crippen MR) is 65.0 cm³/mol. The summed E-state index contributed by atoms with van der Waals surface area (Å²) in [7, 11) is -2.96. The van der Waals surface area contributed by atoms with E-state index in [4.69, 9.17) is 5.11 Å².